The van der Waals surface area contributed by atoms with Crippen LogP contribution in [0.1, 0.15) is 103 Å². The summed E-state index contributed by atoms with van der Waals surface area (Å²) in [5, 5.41) is -1.99. The molecule has 3 heterocycles. The zero-order valence-electron chi connectivity index (χ0n) is 55.2. The smallest absolute Gasteiger partial charge is 0.338 e. The maximum Gasteiger partial charge on any atom is 0.338 e. The highest BCUT2D eigenvalue weighted by Gasteiger charge is 2.39. The lowest BCUT2D eigenvalue weighted by molar-refractivity contribution is -0.186. The van der Waals surface area contributed by atoms with Gasteiger partial charge in [0.15, 0.2) is 12.2 Å². The van der Waals surface area contributed by atoms with Gasteiger partial charge in [0, 0.05) is 24.3 Å². The van der Waals surface area contributed by atoms with E-state index in [9.17, 15) is 47.9 Å². The van der Waals surface area contributed by atoms with Crippen molar-refractivity contribution in [2.24, 2.45) is 0 Å². The van der Waals surface area contributed by atoms with Crippen LogP contribution >= 0.6 is 23.5 Å². The van der Waals surface area contributed by atoms with E-state index in [0.717, 1.165) is 99.2 Å². The predicted octanol–water partition coefficient (Wildman–Crippen LogP) is 3.92. The molecule has 4 atom stereocenters. The molecule has 0 radical (unpaired) electrons. The standard InChI is InChI=1S/C64H100O30S2/c65-53-15-17-55(67)87-41-35-77-31-33-81-39-45-93-61(71)51(49-57(69)85-21-11-7-3-1-5-9-19-83-53)95-47-13-23-91-63(73)59-60(90-44-38-80-30-28-76-26-25-75-27-29-79-37-43-89-59)64(74)92-24-14-48-96-52-50-58(70)86-22-12-8-4-2-6-10-20-84-54(66)16-18-56(68)88-42-36-78-32-34-82-40-46-94-62(52)72/h15-18,51-52,59-60H,1-14,19-50H2/b17-15-,18-16-/t51?,52?,59-,60+. The summed E-state index contributed by atoms with van der Waals surface area (Å²) in [6.07, 6.45) is 9.37. The van der Waals surface area contributed by atoms with Gasteiger partial charge in [-0.15, -0.1) is 23.5 Å². The van der Waals surface area contributed by atoms with Gasteiger partial charge in [-0.1, -0.05) is 51.4 Å². The molecular weight excluding hydrogens is 1310 g/mol. The molecule has 3 aliphatic heterocycles. The molecule has 96 heavy (non-hydrogen) atoms. The van der Waals surface area contributed by atoms with Crippen molar-refractivity contribution in [3.8, 4) is 0 Å². The van der Waals surface area contributed by atoms with E-state index >= 15 is 0 Å². The Balaban J connectivity index is 1.62. The van der Waals surface area contributed by atoms with E-state index in [1.54, 1.807) is 0 Å². The zero-order chi connectivity index (χ0) is 69.0. The van der Waals surface area contributed by atoms with Crippen LogP contribution in [0.5, 0.6) is 0 Å². The second-order valence-electron chi connectivity index (χ2n) is 21.0. The van der Waals surface area contributed by atoms with Gasteiger partial charge >= 0.3 is 59.7 Å². The van der Waals surface area contributed by atoms with Crippen LogP contribution in [0.2, 0.25) is 0 Å². The van der Waals surface area contributed by atoms with Gasteiger partial charge in [-0.2, -0.15) is 0 Å². The minimum atomic E-state index is -1.67. The Kier molecular flexibility index (Phi) is 52.5. The van der Waals surface area contributed by atoms with Gasteiger partial charge in [0.25, 0.3) is 0 Å². The Labute approximate surface area is 569 Å². The maximum absolute atomic E-state index is 14.0. The Morgan fingerprint density at radius 1 is 0.312 bits per heavy atom. The molecule has 0 amide bonds. The van der Waals surface area contributed by atoms with Gasteiger partial charge in [-0.05, 0) is 50.0 Å². The first-order chi connectivity index (χ1) is 46.9. The quantitative estimate of drug-likeness (QED) is 0.152. The Morgan fingerprint density at radius 3 is 0.875 bits per heavy atom. The molecule has 1 saturated heterocycles. The molecule has 0 bridgehead atoms. The van der Waals surface area contributed by atoms with Crippen LogP contribution in [0, 0.1) is 0 Å². The second kappa shape index (κ2) is 59.5. The molecule has 0 aromatic heterocycles. The van der Waals surface area contributed by atoms with Crippen molar-refractivity contribution >= 4 is 83.2 Å². The number of carbonyl (C=O) groups is 10. The molecule has 0 spiro atoms. The maximum atomic E-state index is 14.0. The van der Waals surface area contributed by atoms with Crippen molar-refractivity contribution in [2.75, 3.05) is 196 Å². The first kappa shape index (κ1) is 84.7. The van der Waals surface area contributed by atoms with E-state index in [1.165, 1.54) is 0 Å². The molecule has 0 aliphatic carbocycles. The molecule has 548 valence electrons. The lowest BCUT2D eigenvalue weighted by Crippen LogP contribution is -2.46. The number of rotatable bonds is 12. The van der Waals surface area contributed by atoms with Crippen molar-refractivity contribution in [3.63, 3.8) is 0 Å². The lowest BCUT2D eigenvalue weighted by Gasteiger charge is -2.25. The minimum absolute atomic E-state index is 0.0106. The second-order valence-corrected chi connectivity index (χ2v) is 23.6. The Bertz CT molecular complexity index is 2070. The molecule has 3 aliphatic rings. The first-order valence-corrected chi connectivity index (χ1v) is 35.1. The molecular formula is C64H100O30S2. The fourth-order valence-electron chi connectivity index (χ4n) is 8.35. The predicted molar refractivity (Wildman–Crippen MR) is 340 cm³/mol. The third-order valence-electron chi connectivity index (χ3n) is 13.3. The average molecular weight is 1410 g/mol. The monoisotopic (exact) mass is 1410 g/mol. The fourth-order valence-corrected chi connectivity index (χ4v) is 10.4. The highest BCUT2D eigenvalue weighted by molar-refractivity contribution is 8.00. The summed E-state index contributed by atoms with van der Waals surface area (Å²) >= 11 is 2.20. The Morgan fingerprint density at radius 2 is 0.562 bits per heavy atom. The molecule has 0 aromatic rings. The van der Waals surface area contributed by atoms with E-state index < -0.39 is 82.4 Å². The number of ether oxygens (including phenoxy) is 20. The SMILES string of the molecule is O=C1/C=C\C(=O)OCCOCCOCCOC(=O)C(SCCCOC(=O)[C@H]2OCCOCCOCCOCCOCCO[C@H]2C(=O)OCCCSC2CC(=O)OCCCCCCCCOC(=O)/C=C\C(=O)OCCOCCOCCOC2=O)CC(=O)OCCCCCCCCO1. The average Bonchev–Trinajstić information content (AvgIpc) is 0.914. The zero-order valence-corrected chi connectivity index (χ0v) is 56.8. The summed E-state index contributed by atoms with van der Waals surface area (Å²) in [4.78, 5) is 129. The van der Waals surface area contributed by atoms with E-state index in [4.69, 9.17) is 94.7 Å². The summed E-state index contributed by atoms with van der Waals surface area (Å²) < 4.78 is 110. The van der Waals surface area contributed by atoms with Gasteiger partial charge in [0.05, 0.1) is 171 Å². The van der Waals surface area contributed by atoms with Crippen molar-refractivity contribution < 1.29 is 143 Å². The molecule has 0 saturated carbocycles. The van der Waals surface area contributed by atoms with E-state index in [-0.39, 0.29) is 209 Å². The number of carbonyl (C=O) groups excluding carboxylic acids is 10. The van der Waals surface area contributed by atoms with Crippen LogP contribution in [-0.4, -0.2) is 279 Å². The highest BCUT2D eigenvalue weighted by Crippen LogP contribution is 2.22. The van der Waals surface area contributed by atoms with Crippen LogP contribution in [0.3, 0.4) is 0 Å². The Hall–Kier alpha value is -5.52. The molecule has 2 unspecified atom stereocenters. The van der Waals surface area contributed by atoms with Crippen LogP contribution < -0.4 is 0 Å². The number of esters is 10. The largest absolute Gasteiger partial charge is 0.466 e. The van der Waals surface area contributed by atoms with E-state index in [1.807, 2.05) is 0 Å². The van der Waals surface area contributed by atoms with Crippen molar-refractivity contribution in [1.29, 1.82) is 0 Å². The van der Waals surface area contributed by atoms with Crippen LogP contribution in [0.15, 0.2) is 24.3 Å². The number of thioether (sulfide) groups is 2. The number of hydrogen-bond acceptors (Lipinski definition) is 32. The van der Waals surface area contributed by atoms with E-state index in [0.29, 0.717) is 38.9 Å². The molecule has 1 fully saturated rings. The van der Waals surface area contributed by atoms with Gasteiger partial charge in [-0.3, -0.25) is 19.2 Å². The molecule has 3 rings (SSSR count). The molecule has 0 aromatic carbocycles. The number of cyclic esters (lactones) is 8. The summed E-state index contributed by atoms with van der Waals surface area (Å²) in [7, 11) is 0. The molecule has 30 nitrogen and oxygen atoms in total. The molecule has 32 heteroatoms. The van der Waals surface area contributed by atoms with Crippen molar-refractivity contribution in [2.45, 2.75) is 125 Å². The summed E-state index contributed by atoms with van der Waals surface area (Å²) in [5.41, 5.74) is 0. The van der Waals surface area contributed by atoms with Gasteiger partial charge in [-0.25, -0.2) is 28.8 Å². The first-order valence-electron chi connectivity index (χ1n) is 33.0. The van der Waals surface area contributed by atoms with Gasteiger partial charge in [0.1, 0.15) is 36.9 Å². The topological polar surface area (TPSA) is 355 Å². The summed E-state index contributed by atoms with van der Waals surface area (Å²) in [6, 6.07) is 0. The van der Waals surface area contributed by atoms with Gasteiger partial charge in [0.2, 0.25) is 0 Å². The number of hydrogen-bond donors (Lipinski definition) is 0. The third-order valence-corrected chi connectivity index (χ3v) is 15.8. The van der Waals surface area contributed by atoms with Gasteiger partial charge < -0.3 is 94.7 Å². The highest BCUT2D eigenvalue weighted by atomic mass is 32.2. The van der Waals surface area contributed by atoms with Crippen LogP contribution in [0.25, 0.3) is 0 Å². The normalized spacial score (nSPS) is 24.4. The van der Waals surface area contributed by atoms with E-state index in [2.05, 4.69) is 0 Å². The van der Waals surface area contributed by atoms with Crippen LogP contribution in [-0.2, 0) is 143 Å². The molecule has 0 N–H and O–H groups in total. The van der Waals surface area contributed by atoms with Crippen LogP contribution in [0.4, 0.5) is 0 Å². The fraction of sp³-hybridized carbons (Fsp3) is 0.781. The van der Waals surface area contributed by atoms with Crippen molar-refractivity contribution in [1.82, 2.24) is 0 Å². The summed E-state index contributed by atoms with van der Waals surface area (Å²) in [5.74, 6) is -6.87. The minimum Gasteiger partial charge on any atom is -0.466 e. The lowest BCUT2D eigenvalue weighted by atomic mass is 10.1. The van der Waals surface area contributed by atoms with Crippen molar-refractivity contribution in [3.05, 3.63) is 24.3 Å². The third kappa shape index (κ3) is 47.4. The summed E-state index contributed by atoms with van der Waals surface area (Å²) in [6.45, 7) is 1.68.